The summed E-state index contributed by atoms with van der Waals surface area (Å²) < 4.78 is 5.46. The summed E-state index contributed by atoms with van der Waals surface area (Å²) in [4.78, 5) is 16.3. The third-order valence-electron chi connectivity index (χ3n) is 4.30. The van der Waals surface area contributed by atoms with Gasteiger partial charge in [-0.3, -0.25) is 0 Å². The van der Waals surface area contributed by atoms with E-state index >= 15 is 0 Å². The first-order valence-electron chi connectivity index (χ1n) is 7.12. The van der Waals surface area contributed by atoms with Crippen molar-refractivity contribution in [1.29, 1.82) is 0 Å². The van der Waals surface area contributed by atoms with E-state index in [4.69, 9.17) is 10.5 Å². The monoisotopic (exact) mass is 269 g/mol. The lowest BCUT2D eigenvalue weighted by molar-refractivity contribution is 0.0266. The standard InChI is InChI=1S/C14H27N3O2/c1-13(2,3)19-12(18)17-6-5-14(10-17)9-16(4)8-11(14)7-15/h11H,5-10,15H2,1-4H3. The van der Waals surface area contributed by atoms with Crippen LogP contribution in [0.5, 0.6) is 0 Å². The molecule has 0 aliphatic carbocycles. The molecule has 19 heavy (non-hydrogen) atoms. The fraction of sp³-hybridized carbons (Fsp3) is 0.929. The first kappa shape index (κ1) is 14.6. The molecule has 5 heteroatoms. The molecule has 2 heterocycles. The maximum absolute atomic E-state index is 12.1. The van der Waals surface area contributed by atoms with Gasteiger partial charge in [-0.25, -0.2) is 4.79 Å². The smallest absolute Gasteiger partial charge is 0.410 e. The predicted octanol–water partition coefficient (Wildman–Crippen LogP) is 1.13. The maximum Gasteiger partial charge on any atom is 0.410 e. The van der Waals surface area contributed by atoms with Crippen molar-refractivity contribution in [3.8, 4) is 0 Å². The maximum atomic E-state index is 12.1. The minimum atomic E-state index is -0.424. The summed E-state index contributed by atoms with van der Waals surface area (Å²) in [5, 5.41) is 0. The Morgan fingerprint density at radius 3 is 2.68 bits per heavy atom. The molecule has 2 N–H and O–H groups in total. The van der Waals surface area contributed by atoms with E-state index in [1.165, 1.54) is 0 Å². The second-order valence-electron chi connectivity index (χ2n) is 7.14. The van der Waals surface area contributed by atoms with Gasteiger partial charge >= 0.3 is 6.09 Å². The van der Waals surface area contributed by atoms with Crippen LogP contribution >= 0.6 is 0 Å². The number of hydrogen-bond donors (Lipinski definition) is 1. The Bertz CT molecular complexity index is 353. The summed E-state index contributed by atoms with van der Waals surface area (Å²) in [5.74, 6) is 0.491. The van der Waals surface area contributed by atoms with Crippen LogP contribution in [-0.2, 0) is 4.74 Å². The molecule has 2 saturated heterocycles. The molecular formula is C14H27N3O2. The quantitative estimate of drug-likeness (QED) is 0.775. The second kappa shape index (κ2) is 4.94. The largest absolute Gasteiger partial charge is 0.444 e. The zero-order chi connectivity index (χ0) is 14.3. The van der Waals surface area contributed by atoms with E-state index in [-0.39, 0.29) is 11.5 Å². The topological polar surface area (TPSA) is 58.8 Å². The number of carbonyl (C=O) groups is 1. The van der Waals surface area contributed by atoms with E-state index < -0.39 is 5.60 Å². The Kier molecular flexibility index (Phi) is 3.80. The minimum absolute atomic E-state index is 0.181. The highest BCUT2D eigenvalue weighted by molar-refractivity contribution is 5.68. The Morgan fingerprint density at radius 2 is 2.11 bits per heavy atom. The van der Waals surface area contributed by atoms with Crippen molar-refractivity contribution in [3.63, 3.8) is 0 Å². The molecule has 0 saturated carbocycles. The molecular weight excluding hydrogens is 242 g/mol. The summed E-state index contributed by atoms with van der Waals surface area (Å²) in [7, 11) is 2.13. The molecule has 110 valence electrons. The highest BCUT2D eigenvalue weighted by Crippen LogP contribution is 2.43. The normalized spacial score (nSPS) is 32.3. The number of amides is 1. The van der Waals surface area contributed by atoms with Gasteiger partial charge in [-0.15, -0.1) is 0 Å². The van der Waals surface area contributed by atoms with Crippen LogP contribution < -0.4 is 5.73 Å². The van der Waals surface area contributed by atoms with Gasteiger partial charge in [-0.2, -0.15) is 0 Å². The highest BCUT2D eigenvalue weighted by atomic mass is 16.6. The molecule has 0 aromatic heterocycles. The molecule has 2 aliphatic heterocycles. The van der Waals surface area contributed by atoms with E-state index in [2.05, 4.69) is 11.9 Å². The fourth-order valence-electron chi connectivity index (χ4n) is 3.47. The molecule has 2 atom stereocenters. The molecule has 0 aromatic rings. The van der Waals surface area contributed by atoms with Crippen molar-refractivity contribution in [2.75, 3.05) is 39.8 Å². The number of rotatable bonds is 1. The van der Waals surface area contributed by atoms with Crippen molar-refractivity contribution < 1.29 is 9.53 Å². The third-order valence-corrected chi connectivity index (χ3v) is 4.30. The van der Waals surface area contributed by atoms with Crippen LogP contribution in [0.2, 0.25) is 0 Å². The Morgan fingerprint density at radius 1 is 1.42 bits per heavy atom. The zero-order valence-electron chi connectivity index (χ0n) is 12.6. The van der Waals surface area contributed by atoms with Crippen molar-refractivity contribution >= 4 is 6.09 Å². The van der Waals surface area contributed by atoms with Gasteiger partial charge in [-0.1, -0.05) is 0 Å². The first-order chi connectivity index (χ1) is 8.76. The SMILES string of the molecule is CN1CC(CN)C2(CCN(C(=O)OC(C)(C)C)C2)C1. The number of nitrogens with two attached hydrogens (primary N) is 1. The van der Waals surface area contributed by atoms with Gasteiger partial charge in [0.1, 0.15) is 5.60 Å². The molecule has 0 aromatic carbocycles. The number of hydrogen-bond acceptors (Lipinski definition) is 4. The van der Waals surface area contributed by atoms with Crippen LogP contribution in [0, 0.1) is 11.3 Å². The van der Waals surface area contributed by atoms with E-state index in [1.807, 2.05) is 25.7 Å². The Balaban J connectivity index is 2.01. The number of nitrogens with zero attached hydrogens (tertiary/aromatic N) is 2. The van der Waals surface area contributed by atoms with Crippen molar-refractivity contribution in [2.24, 2.45) is 17.1 Å². The van der Waals surface area contributed by atoms with Gasteiger partial charge in [0.2, 0.25) is 0 Å². The van der Waals surface area contributed by atoms with Crippen LogP contribution in [0.1, 0.15) is 27.2 Å². The van der Waals surface area contributed by atoms with Gasteiger partial charge in [0.05, 0.1) is 0 Å². The number of ether oxygens (including phenoxy) is 1. The van der Waals surface area contributed by atoms with E-state index in [9.17, 15) is 4.79 Å². The molecule has 2 fully saturated rings. The third kappa shape index (κ3) is 3.03. The average Bonchev–Trinajstić information content (AvgIpc) is 2.81. The lowest BCUT2D eigenvalue weighted by Gasteiger charge is -2.30. The van der Waals surface area contributed by atoms with Crippen molar-refractivity contribution in [2.45, 2.75) is 32.8 Å². The van der Waals surface area contributed by atoms with Gasteiger partial charge in [-0.05, 0) is 46.7 Å². The van der Waals surface area contributed by atoms with Gasteiger partial charge < -0.3 is 20.3 Å². The van der Waals surface area contributed by atoms with Gasteiger partial charge in [0.15, 0.2) is 0 Å². The number of carbonyl (C=O) groups excluding carboxylic acids is 1. The van der Waals surface area contributed by atoms with Crippen molar-refractivity contribution in [1.82, 2.24) is 9.80 Å². The molecule has 0 bridgehead atoms. The molecule has 2 aliphatic rings. The van der Waals surface area contributed by atoms with Crippen LogP contribution in [0.3, 0.4) is 0 Å². The predicted molar refractivity (Wildman–Crippen MR) is 74.9 cm³/mol. The van der Waals surface area contributed by atoms with E-state index in [0.717, 1.165) is 32.6 Å². The summed E-state index contributed by atoms with van der Waals surface area (Å²) in [5.41, 5.74) is 5.67. The molecule has 1 spiro atoms. The lowest BCUT2D eigenvalue weighted by Crippen LogP contribution is -2.40. The molecule has 2 unspecified atom stereocenters. The average molecular weight is 269 g/mol. The number of likely N-dealkylation sites (tertiary alicyclic amines) is 2. The van der Waals surface area contributed by atoms with Crippen LogP contribution in [0.4, 0.5) is 4.79 Å². The molecule has 1 amide bonds. The van der Waals surface area contributed by atoms with Crippen LogP contribution in [-0.4, -0.2) is 61.3 Å². The minimum Gasteiger partial charge on any atom is -0.444 e. The molecule has 2 rings (SSSR count). The van der Waals surface area contributed by atoms with Crippen LogP contribution in [0.15, 0.2) is 0 Å². The summed E-state index contributed by atoms with van der Waals surface area (Å²) in [6.07, 6.45) is 0.855. The van der Waals surface area contributed by atoms with Crippen molar-refractivity contribution in [3.05, 3.63) is 0 Å². The summed E-state index contributed by atoms with van der Waals surface area (Å²) in [6.45, 7) is 10.1. The molecule has 0 radical (unpaired) electrons. The molecule has 5 nitrogen and oxygen atoms in total. The summed E-state index contributed by atoms with van der Waals surface area (Å²) in [6, 6.07) is 0. The van der Waals surface area contributed by atoms with E-state index in [0.29, 0.717) is 12.5 Å². The highest BCUT2D eigenvalue weighted by Gasteiger charge is 2.50. The lowest BCUT2D eigenvalue weighted by atomic mass is 9.77. The zero-order valence-corrected chi connectivity index (χ0v) is 12.6. The Hall–Kier alpha value is -0.810. The van der Waals surface area contributed by atoms with E-state index in [1.54, 1.807) is 0 Å². The van der Waals surface area contributed by atoms with Crippen LogP contribution in [0.25, 0.3) is 0 Å². The fourth-order valence-corrected chi connectivity index (χ4v) is 3.47. The second-order valence-corrected chi connectivity index (χ2v) is 7.14. The van der Waals surface area contributed by atoms with Gasteiger partial charge in [0, 0.05) is 31.6 Å². The first-order valence-corrected chi connectivity index (χ1v) is 7.12. The summed E-state index contributed by atoms with van der Waals surface area (Å²) >= 11 is 0. The van der Waals surface area contributed by atoms with Gasteiger partial charge in [0.25, 0.3) is 0 Å². The Labute approximate surface area is 116 Å².